The summed E-state index contributed by atoms with van der Waals surface area (Å²) < 4.78 is 46.4. The molecule has 2 N–H and O–H groups in total. The van der Waals surface area contributed by atoms with E-state index in [9.17, 15) is 18.0 Å². The SMILES string of the molecule is CC(C)(C)OC(=O)c1c(N)c2cc(C(F)(F)F)ccc2n1Cc1ccsc1. The van der Waals surface area contributed by atoms with Gasteiger partial charge in [-0.05, 0) is 61.4 Å². The Morgan fingerprint density at radius 2 is 1.93 bits per heavy atom. The van der Waals surface area contributed by atoms with Gasteiger partial charge in [-0.2, -0.15) is 24.5 Å². The molecule has 0 spiro atoms. The third-order valence-corrected chi connectivity index (χ3v) is 4.67. The molecule has 8 heteroatoms. The largest absolute Gasteiger partial charge is 0.455 e. The summed E-state index contributed by atoms with van der Waals surface area (Å²) in [6.45, 7) is 5.45. The van der Waals surface area contributed by atoms with Crippen LogP contribution in [0.25, 0.3) is 10.9 Å². The highest BCUT2D eigenvalue weighted by molar-refractivity contribution is 7.07. The first-order chi connectivity index (χ1) is 12.5. The van der Waals surface area contributed by atoms with E-state index in [4.69, 9.17) is 10.5 Å². The van der Waals surface area contributed by atoms with Crippen molar-refractivity contribution in [2.45, 2.75) is 39.1 Å². The number of nitrogen functional groups attached to an aromatic ring is 1. The van der Waals surface area contributed by atoms with Gasteiger partial charge in [-0.1, -0.05) is 0 Å². The van der Waals surface area contributed by atoms with Crippen molar-refractivity contribution in [1.82, 2.24) is 4.57 Å². The number of anilines is 1. The molecule has 0 unspecified atom stereocenters. The van der Waals surface area contributed by atoms with E-state index in [1.165, 1.54) is 17.4 Å². The number of nitrogens with two attached hydrogens (primary N) is 1. The molecule has 0 aliphatic heterocycles. The van der Waals surface area contributed by atoms with E-state index in [2.05, 4.69) is 0 Å². The molecule has 3 aromatic rings. The smallest absolute Gasteiger partial charge is 0.416 e. The van der Waals surface area contributed by atoms with Crippen molar-refractivity contribution in [2.75, 3.05) is 5.73 Å². The van der Waals surface area contributed by atoms with Gasteiger partial charge in [-0.15, -0.1) is 0 Å². The van der Waals surface area contributed by atoms with Gasteiger partial charge >= 0.3 is 12.1 Å². The lowest BCUT2D eigenvalue weighted by atomic mass is 10.1. The highest BCUT2D eigenvalue weighted by Gasteiger charge is 2.32. The van der Waals surface area contributed by atoms with Crippen LogP contribution in [0.5, 0.6) is 0 Å². The summed E-state index contributed by atoms with van der Waals surface area (Å²) >= 11 is 1.49. The molecule has 3 rings (SSSR count). The molecule has 0 saturated carbocycles. The number of ether oxygens (including phenoxy) is 1. The third kappa shape index (κ3) is 3.95. The molecular formula is C19H19F3N2O2S. The summed E-state index contributed by atoms with van der Waals surface area (Å²) in [6, 6.07) is 5.19. The van der Waals surface area contributed by atoms with Gasteiger partial charge in [0.05, 0.1) is 16.8 Å². The minimum absolute atomic E-state index is 0.0134. The van der Waals surface area contributed by atoms with Crippen molar-refractivity contribution in [1.29, 1.82) is 0 Å². The normalized spacial score (nSPS) is 12.5. The standard InChI is InChI=1S/C19H19F3N2O2S/c1-18(2,3)26-17(25)16-15(23)13-8-12(19(20,21)22)4-5-14(13)24(16)9-11-6-7-27-10-11/h4-8,10H,9,23H2,1-3H3. The Kier molecular flexibility index (Phi) is 4.71. The Balaban J connectivity index is 2.21. The van der Waals surface area contributed by atoms with Crippen molar-refractivity contribution >= 4 is 33.9 Å². The van der Waals surface area contributed by atoms with Crippen molar-refractivity contribution in [3.8, 4) is 0 Å². The molecule has 4 nitrogen and oxygen atoms in total. The van der Waals surface area contributed by atoms with E-state index in [0.29, 0.717) is 12.1 Å². The highest BCUT2D eigenvalue weighted by atomic mass is 32.1. The fourth-order valence-corrected chi connectivity index (χ4v) is 3.49. The Morgan fingerprint density at radius 3 is 2.48 bits per heavy atom. The second kappa shape index (κ2) is 6.60. The van der Waals surface area contributed by atoms with Gasteiger partial charge in [0.2, 0.25) is 0 Å². The Morgan fingerprint density at radius 1 is 1.22 bits per heavy atom. The van der Waals surface area contributed by atoms with E-state index in [1.807, 2.05) is 16.8 Å². The fraction of sp³-hybridized carbons (Fsp3) is 0.316. The lowest BCUT2D eigenvalue weighted by Crippen LogP contribution is -2.26. The quantitative estimate of drug-likeness (QED) is 0.611. The lowest BCUT2D eigenvalue weighted by molar-refractivity contribution is -0.137. The number of esters is 1. The Labute approximate surface area is 158 Å². The first-order valence-corrected chi connectivity index (χ1v) is 9.15. The van der Waals surface area contributed by atoms with Gasteiger partial charge in [-0.3, -0.25) is 0 Å². The zero-order valence-electron chi connectivity index (χ0n) is 15.1. The summed E-state index contributed by atoms with van der Waals surface area (Å²) in [5, 5.41) is 3.98. The van der Waals surface area contributed by atoms with Crippen molar-refractivity contribution in [3.05, 3.63) is 51.8 Å². The van der Waals surface area contributed by atoms with Crippen LogP contribution in [0, 0.1) is 0 Å². The molecular weight excluding hydrogens is 377 g/mol. The molecule has 0 radical (unpaired) electrons. The van der Waals surface area contributed by atoms with Crippen LogP contribution in [0.4, 0.5) is 18.9 Å². The Hall–Kier alpha value is -2.48. The van der Waals surface area contributed by atoms with Crippen LogP contribution in [0.3, 0.4) is 0 Å². The average Bonchev–Trinajstić information content (AvgIpc) is 3.12. The third-order valence-electron chi connectivity index (χ3n) is 3.94. The van der Waals surface area contributed by atoms with E-state index < -0.39 is 23.3 Å². The molecule has 27 heavy (non-hydrogen) atoms. The average molecular weight is 396 g/mol. The first-order valence-electron chi connectivity index (χ1n) is 8.21. The van der Waals surface area contributed by atoms with Crippen LogP contribution < -0.4 is 5.73 Å². The maximum Gasteiger partial charge on any atom is 0.416 e. The number of nitrogens with zero attached hydrogens (tertiary/aromatic N) is 1. The molecule has 0 atom stereocenters. The van der Waals surface area contributed by atoms with Gasteiger partial charge in [0.1, 0.15) is 5.60 Å². The Bertz CT molecular complexity index is 983. The van der Waals surface area contributed by atoms with Crippen LogP contribution in [-0.4, -0.2) is 16.1 Å². The molecule has 0 aliphatic rings. The number of hydrogen-bond acceptors (Lipinski definition) is 4. The molecule has 144 valence electrons. The van der Waals surface area contributed by atoms with E-state index in [0.717, 1.165) is 17.7 Å². The van der Waals surface area contributed by atoms with Gasteiger partial charge in [0.15, 0.2) is 5.69 Å². The monoisotopic (exact) mass is 396 g/mol. The van der Waals surface area contributed by atoms with Crippen molar-refractivity contribution in [3.63, 3.8) is 0 Å². The minimum atomic E-state index is -4.50. The summed E-state index contributed by atoms with van der Waals surface area (Å²) in [5.41, 5.74) is 5.96. The predicted molar refractivity (Wildman–Crippen MR) is 99.9 cm³/mol. The van der Waals surface area contributed by atoms with Gasteiger partial charge < -0.3 is 15.0 Å². The van der Waals surface area contributed by atoms with Crippen LogP contribution in [-0.2, 0) is 17.5 Å². The minimum Gasteiger partial charge on any atom is -0.455 e. The van der Waals surface area contributed by atoms with E-state index >= 15 is 0 Å². The molecule has 2 aromatic heterocycles. The maximum atomic E-state index is 13.1. The second-order valence-corrected chi connectivity index (χ2v) is 7.99. The van der Waals surface area contributed by atoms with Gasteiger partial charge in [-0.25, -0.2) is 4.79 Å². The molecule has 0 amide bonds. The topological polar surface area (TPSA) is 57.2 Å². The summed E-state index contributed by atoms with van der Waals surface area (Å²) in [5.74, 6) is -0.667. The zero-order valence-corrected chi connectivity index (χ0v) is 15.9. The lowest BCUT2D eigenvalue weighted by Gasteiger charge is -2.20. The number of benzene rings is 1. The summed E-state index contributed by atoms with van der Waals surface area (Å²) in [6.07, 6.45) is -4.50. The molecule has 1 aromatic carbocycles. The van der Waals surface area contributed by atoms with Crippen LogP contribution in [0.15, 0.2) is 35.0 Å². The van der Waals surface area contributed by atoms with E-state index in [1.54, 1.807) is 25.3 Å². The number of aromatic nitrogens is 1. The van der Waals surface area contributed by atoms with Crippen LogP contribution >= 0.6 is 11.3 Å². The molecule has 0 fully saturated rings. The number of carbonyl (C=O) groups excluding carboxylic acids is 1. The van der Waals surface area contributed by atoms with Gasteiger partial charge in [0, 0.05) is 11.9 Å². The van der Waals surface area contributed by atoms with Crippen molar-refractivity contribution < 1.29 is 22.7 Å². The molecule has 0 saturated heterocycles. The number of halogens is 3. The highest BCUT2D eigenvalue weighted by Crippen LogP contribution is 2.36. The van der Waals surface area contributed by atoms with E-state index in [-0.39, 0.29) is 16.8 Å². The molecule has 0 bridgehead atoms. The van der Waals surface area contributed by atoms with Crippen LogP contribution in [0.1, 0.15) is 42.4 Å². The van der Waals surface area contributed by atoms with Crippen molar-refractivity contribution in [2.24, 2.45) is 0 Å². The molecule has 0 aliphatic carbocycles. The van der Waals surface area contributed by atoms with Crippen LogP contribution in [0.2, 0.25) is 0 Å². The number of thiophene rings is 1. The number of fused-ring (bicyclic) bond motifs is 1. The first kappa shape index (κ1) is 19.3. The fourth-order valence-electron chi connectivity index (χ4n) is 2.83. The maximum absolute atomic E-state index is 13.1. The molecule has 2 heterocycles. The number of carbonyl (C=O) groups is 1. The van der Waals surface area contributed by atoms with Gasteiger partial charge in [0.25, 0.3) is 0 Å². The zero-order chi connectivity index (χ0) is 20.0. The summed E-state index contributed by atoms with van der Waals surface area (Å²) in [4.78, 5) is 12.7. The summed E-state index contributed by atoms with van der Waals surface area (Å²) in [7, 11) is 0. The number of hydrogen-bond donors (Lipinski definition) is 1. The second-order valence-electron chi connectivity index (χ2n) is 7.21. The predicted octanol–water partition coefficient (Wildman–Crippen LogP) is 5.31. The number of alkyl halides is 3. The number of rotatable bonds is 3.